The van der Waals surface area contributed by atoms with Crippen LogP contribution in [0.4, 0.5) is 5.69 Å². The number of pyridine rings is 1. The Hall–Kier alpha value is -3.16. The summed E-state index contributed by atoms with van der Waals surface area (Å²) in [7, 11) is 2.93. The molecule has 0 spiro atoms. The summed E-state index contributed by atoms with van der Waals surface area (Å²) in [6.07, 6.45) is 2.97. The second-order valence-corrected chi connectivity index (χ2v) is 6.08. The predicted octanol–water partition coefficient (Wildman–Crippen LogP) is 1.60. The number of hydrogen-bond acceptors (Lipinski definition) is 5. The Labute approximate surface area is 142 Å². The first-order valence-electron chi connectivity index (χ1n) is 7.76. The molecular weight excluding hydrogens is 324 g/mol. The van der Waals surface area contributed by atoms with E-state index >= 15 is 0 Å². The van der Waals surface area contributed by atoms with Gasteiger partial charge in [-0.15, -0.1) is 0 Å². The highest BCUT2D eigenvalue weighted by molar-refractivity contribution is 6.07. The Morgan fingerprint density at radius 2 is 1.96 bits per heavy atom. The number of nitrogens with zero attached hydrogens (tertiary/aromatic N) is 3. The first-order chi connectivity index (χ1) is 11.8. The molecule has 1 amide bonds. The molecule has 8 nitrogen and oxygen atoms in total. The zero-order chi connectivity index (χ0) is 18.3. The lowest BCUT2D eigenvalue weighted by Crippen LogP contribution is -2.38. The van der Waals surface area contributed by atoms with Crippen molar-refractivity contribution >= 4 is 22.6 Å². The maximum atomic E-state index is 12.7. The molecule has 0 atom stereocenters. The van der Waals surface area contributed by atoms with Crippen molar-refractivity contribution in [3.05, 3.63) is 56.8 Å². The lowest BCUT2D eigenvalue weighted by molar-refractivity contribution is 0.0996. The van der Waals surface area contributed by atoms with Crippen molar-refractivity contribution < 1.29 is 9.21 Å². The Morgan fingerprint density at radius 1 is 1.24 bits per heavy atom. The first kappa shape index (κ1) is 16.7. The molecule has 0 aliphatic carbocycles. The van der Waals surface area contributed by atoms with Crippen molar-refractivity contribution in [1.29, 1.82) is 0 Å². The van der Waals surface area contributed by atoms with Gasteiger partial charge in [-0.1, -0.05) is 13.8 Å². The summed E-state index contributed by atoms with van der Waals surface area (Å²) < 4.78 is 7.39. The smallest absolute Gasteiger partial charge is 0.332 e. The molecule has 0 aliphatic rings. The van der Waals surface area contributed by atoms with E-state index in [1.54, 1.807) is 12.3 Å². The lowest BCUT2D eigenvalue weighted by Gasteiger charge is -2.17. The van der Waals surface area contributed by atoms with Gasteiger partial charge in [0.2, 0.25) is 0 Å². The molecule has 3 aromatic rings. The molecule has 130 valence electrons. The van der Waals surface area contributed by atoms with E-state index in [0.29, 0.717) is 11.3 Å². The summed E-state index contributed by atoms with van der Waals surface area (Å²) in [6, 6.07) is 3.13. The number of aryl methyl sites for hydroxylation is 1. The highest BCUT2D eigenvalue weighted by atomic mass is 16.3. The Balaban J connectivity index is 2.34. The van der Waals surface area contributed by atoms with Crippen LogP contribution in [0.3, 0.4) is 0 Å². The number of hydrogen-bond donors (Lipinski definition) is 1. The normalized spacial score (nSPS) is 11.2. The van der Waals surface area contributed by atoms with Crippen LogP contribution in [0.2, 0.25) is 0 Å². The molecule has 3 rings (SSSR count). The third-order valence-electron chi connectivity index (χ3n) is 4.10. The average molecular weight is 342 g/mol. The van der Waals surface area contributed by atoms with Gasteiger partial charge in [-0.05, 0) is 23.6 Å². The van der Waals surface area contributed by atoms with Crippen molar-refractivity contribution in [3.63, 3.8) is 0 Å². The fourth-order valence-electron chi connectivity index (χ4n) is 2.70. The largest absolute Gasteiger partial charge is 0.459 e. The SMILES string of the molecule is CC(C)c1cnc2c(c1NC(=O)c1ccco1)c(=O)n(C)c(=O)n2C. The van der Waals surface area contributed by atoms with Crippen LogP contribution in [-0.2, 0) is 14.1 Å². The average Bonchev–Trinajstić information content (AvgIpc) is 3.12. The fourth-order valence-corrected chi connectivity index (χ4v) is 2.70. The lowest BCUT2D eigenvalue weighted by atomic mass is 10.0. The van der Waals surface area contributed by atoms with Crippen molar-refractivity contribution in [2.24, 2.45) is 14.1 Å². The van der Waals surface area contributed by atoms with Crippen LogP contribution in [0.1, 0.15) is 35.9 Å². The zero-order valence-electron chi connectivity index (χ0n) is 14.4. The van der Waals surface area contributed by atoms with Gasteiger partial charge in [0.1, 0.15) is 5.39 Å². The quantitative estimate of drug-likeness (QED) is 0.779. The summed E-state index contributed by atoms with van der Waals surface area (Å²) in [5.41, 5.74) is 0.265. The van der Waals surface area contributed by atoms with Gasteiger partial charge in [-0.2, -0.15) is 0 Å². The van der Waals surface area contributed by atoms with Crippen molar-refractivity contribution in [2.45, 2.75) is 19.8 Å². The molecule has 3 heterocycles. The molecule has 0 radical (unpaired) electrons. The molecule has 0 saturated heterocycles. The number of nitrogens with one attached hydrogen (secondary N) is 1. The topological polar surface area (TPSA) is 99.1 Å². The highest BCUT2D eigenvalue weighted by Gasteiger charge is 2.21. The number of carbonyl (C=O) groups is 1. The number of fused-ring (bicyclic) bond motifs is 1. The molecule has 0 saturated carbocycles. The third-order valence-corrected chi connectivity index (χ3v) is 4.10. The number of furan rings is 1. The summed E-state index contributed by atoms with van der Waals surface area (Å²) in [5, 5.41) is 2.94. The van der Waals surface area contributed by atoms with Gasteiger partial charge in [0.15, 0.2) is 11.4 Å². The van der Waals surface area contributed by atoms with E-state index in [1.165, 1.54) is 31.0 Å². The molecule has 1 N–H and O–H groups in total. The van der Waals surface area contributed by atoms with Gasteiger partial charge in [0.25, 0.3) is 11.5 Å². The van der Waals surface area contributed by atoms with Crippen molar-refractivity contribution in [1.82, 2.24) is 14.1 Å². The highest BCUT2D eigenvalue weighted by Crippen LogP contribution is 2.29. The number of amides is 1. The van der Waals surface area contributed by atoms with E-state index in [2.05, 4.69) is 10.3 Å². The van der Waals surface area contributed by atoms with Gasteiger partial charge in [0, 0.05) is 20.3 Å². The van der Waals surface area contributed by atoms with Gasteiger partial charge in [-0.25, -0.2) is 9.78 Å². The van der Waals surface area contributed by atoms with E-state index in [9.17, 15) is 14.4 Å². The minimum atomic E-state index is -0.511. The number of aromatic nitrogens is 3. The van der Waals surface area contributed by atoms with E-state index in [4.69, 9.17) is 4.42 Å². The Kier molecular flexibility index (Phi) is 4.03. The Bertz CT molecular complexity index is 1070. The van der Waals surface area contributed by atoms with Crippen LogP contribution in [0.25, 0.3) is 11.0 Å². The van der Waals surface area contributed by atoms with Crippen LogP contribution in [0.5, 0.6) is 0 Å². The van der Waals surface area contributed by atoms with E-state index < -0.39 is 17.2 Å². The van der Waals surface area contributed by atoms with Gasteiger partial charge in [0.05, 0.1) is 12.0 Å². The van der Waals surface area contributed by atoms with E-state index in [0.717, 1.165) is 4.57 Å². The molecule has 3 aromatic heterocycles. The summed E-state index contributed by atoms with van der Waals surface area (Å²) in [5.74, 6) is -0.345. The number of anilines is 1. The maximum Gasteiger partial charge on any atom is 0.332 e. The minimum Gasteiger partial charge on any atom is -0.459 e. The molecule has 0 unspecified atom stereocenters. The number of rotatable bonds is 3. The third kappa shape index (κ3) is 2.65. The van der Waals surface area contributed by atoms with Gasteiger partial charge in [-0.3, -0.25) is 18.7 Å². The van der Waals surface area contributed by atoms with Gasteiger partial charge >= 0.3 is 5.69 Å². The van der Waals surface area contributed by atoms with E-state index in [-0.39, 0.29) is 22.7 Å². The molecule has 0 fully saturated rings. The molecule has 0 aromatic carbocycles. The van der Waals surface area contributed by atoms with Crippen LogP contribution in [-0.4, -0.2) is 20.0 Å². The second kappa shape index (κ2) is 6.04. The fraction of sp³-hybridized carbons (Fsp3) is 0.294. The van der Waals surface area contributed by atoms with E-state index in [1.807, 2.05) is 13.8 Å². The molecular formula is C17H18N4O4. The summed E-state index contributed by atoms with van der Waals surface area (Å²) in [4.78, 5) is 41.5. The molecule has 8 heteroatoms. The zero-order valence-corrected chi connectivity index (χ0v) is 14.4. The monoisotopic (exact) mass is 342 g/mol. The van der Waals surface area contributed by atoms with Crippen LogP contribution >= 0.6 is 0 Å². The standard InChI is InChI=1S/C17H18N4O4/c1-9(2)10-8-18-14-12(16(23)21(4)17(24)20(14)3)13(10)19-15(22)11-6-5-7-25-11/h5-9H,1-4H3,(H,18,19,22). The number of carbonyl (C=O) groups excluding carboxylic acids is 1. The first-order valence-corrected chi connectivity index (χ1v) is 7.76. The molecule has 0 bridgehead atoms. The van der Waals surface area contributed by atoms with Crippen molar-refractivity contribution in [2.75, 3.05) is 5.32 Å². The summed E-state index contributed by atoms with van der Waals surface area (Å²) in [6.45, 7) is 3.86. The molecule has 0 aliphatic heterocycles. The van der Waals surface area contributed by atoms with Crippen LogP contribution in [0.15, 0.2) is 38.6 Å². The van der Waals surface area contributed by atoms with Gasteiger partial charge < -0.3 is 9.73 Å². The maximum absolute atomic E-state index is 12.7. The second-order valence-electron chi connectivity index (χ2n) is 6.08. The predicted molar refractivity (Wildman–Crippen MR) is 93.0 cm³/mol. The van der Waals surface area contributed by atoms with Crippen molar-refractivity contribution in [3.8, 4) is 0 Å². The minimum absolute atomic E-state index is 0.00532. The van der Waals surface area contributed by atoms with Crippen LogP contribution < -0.4 is 16.6 Å². The molecule has 25 heavy (non-hydrogen) atoms. The van der Waals surface area contributed by atoms with Crippen LogP contribution in [0, 0.1) is 0 Å². The Morgan fingerprint density at radius 3 is 2.56 bits per heavy atom. The summed E-state index contributed by atoms with van der Waals surface area (Å²) >= 11 is 0.